The van der Waals surface area contributed by atoms with E-state index in [0.29, 0.717) is 12.2 Å². The summed E-state index contributed by atoms with van der Waals surface area (Å²) in [6.45, 7) is 5.71. The maximum atomic E-state index is 12.4. The van der Waals surface area contributed by atoms with Crippen molar-refractivity contribution >= 4 is 21.4 Å². The SMILES string of the molecule is CCCCCCCCCCCCCCCCCCN(C)c1ccc(S(=O)(=O)NCCCC)cc1N. The third kappa shape index (κ3) is 14.8. The molecule has 1 aromatic carbocycles. The van der Waals surface area contributed by atoms with Gasteiger partial charge in [0.1, 0.15) is 0 Å². The van der Waals surface area contributed by atoms with Crippen LogP contribution in [-0.2, 0) is 10.0 Å². The highest BCUT2D eigenvalue weighted by Crippen LogP contribution is 2.26. The fourth-order valence-electron chi connectivity index (χ4n) is 4.53. The Labute approximate surface area is 217 Å². The second-order valence-corrected chi connectivity index (χ2v) is 12.0. The second kappa shape index (κ2) is 19.9. The molecule has 6 heteroatoms. The zero-order chi connectivity index (χ0) is 25.8. The number of hydrogen-bond donors (Lipinski definition) is 2. The zero-order valence-corrected chi connectivity index (χ0v) is 23.9. The van der Waals surface area contributed by atoms with Gasteiger partial charge in [0.15, 0.2) is 0 Å². The van der Waals surface area contributed by atoms with Crippen LogP contribution in [-0.4, -0.2) is 28.6 Å². The average molecular weight is 510 g/mol. The molecule has 0 aliphatic rings. The Morgan fingerprint density at radius 1 is 0.714 bits per heavy atom. The topological polar surface area (TPSA) is 75.4 Å². The summed E-state index contributed by atoms with van der Waals surface area (Å²) in [6, 6.07) is 5.06. The van der Waals surface area contributed by atoms with E-state index in [1.807, 2.05) is 20.0 Å². The van der Waals surface area contributed by atoms with Crippen molar-refractivity contribution in [2.45, 2.75) is 134 Å². The Kier molecular flexibility index (Phi) is 18.0. The number of nitrogens with zero attached hydrogens (tertiary/aromatic N) is 1. The molecule has 0 aliphatic heterocycles. The molecule has 0 saturated heterocycles. The first kappa shape index (κ1) is 31.8. The van der Waals surface area contributed by atoms with Crippen molar-refractivity contribution in [3.8, 4) is 0 Å². The Bertz CT molecular complexity index is 752. The molecular formula is C29H55N3O2S. The zero-order valence-electron chi connectivity index (χ0n) is 23.1. The van der Waals surface area contributed by atoms with E-state index in [1.54, 1.807) is 12.1 Å². The summed E-state index contributed by atoms with van der Waals surface area (Å²) in [4.78, 5) is 2.38. The van der Waals surface area contributed by atoms with E-state index in [4.69, 9.17) is 5.73 Å². The van der Waals surface area contributed by atoms with Crippen molar-refractivity contribution in [1.29, 1.82) is 0 Å². The van der Waals surface area contributed by atoms with Gasteiger partial charge in [-0.05, 0) is 31.0 Å². The summed E-state index contributed by atoms with van der Waals surface area (Å²) in [6.07, 6.45) is 23.7. The highest BCUT2D eigenvalue weighted by atomic mass is 32.2. The molecule has 0 heterocycles. The Hall–Kier alpha value is -1.27. The van der Waals surface area contributed by atoms with E-state index in [1.165, 1.54) is 96.3 Å². The molecule has 35 heavy (non-hydrogen) atoms. The Morgan fingerprint density at radius 2 is 1.17 bits per heavy atom. The second-order valence-electron chi connectivity index (χ2n) is 10.2. The first-order chi connectivity index (χ1) is 16.9. The van der Waals surface area contributed by atoms with Crippen LogP contribution in [0.3, 0.4) is 0 Å². The predicted molar refractivity (Wildman–Crippen MR) is 154 cm³/mol. The molecule has 204 valence electrons. The lowest BCUT2D eigenvalue weighted by atomic mass is 10.0. The van der Waals surface area contributed by atoms with Gasteiger partial charge in [-0.2, -0.15) is 0 Å². The monoisotopic (exact) mass is 509 g/mol. The van der Waals surface area contributed by atoms with Crippen molar-refractivity contribution < 1.29 is 8.42 Å². The molecule has 0 radical (unpaired) electrons. The number of hydrogen-bond acceptors (Lipinski definition) is 4. The smallest absolute Gasteiger partial charge is 0.240 e. The van der Waals surface area contributed by atoms with Crippen LogP contribution >= 0.6 is 0 Å². The van der Waals surface area contributed by atoms with E-state index >= 15 is 0 Å². The van der Waals surface area contributed by atoms with E-state index in [-0.39, 0.29) is 4.90 Å². The number of unbranched alkanes of at least 4 members (excludes halogenated alkanes) is 16. The number of anilines is 2. The molecule has 3 N–H and O–H groups in total. The first-order valence-corrected chi connectivity index (χ1v) is 16.0. The molecule has 0 saturated carbocycles. The van der Waals surface area contributed by atoms with Gasteiger partial charge in [-0.3, -0.25) is 0 Å². The van der Waals surface area contributed by atoms with E-state index in [2.05, 4.69) is 16.5 Å². The maximum absolute atomic E-state index is 12.4. The minimum atomic E-state index is -3.49. The molecule has 0 spiro atoms. The summed E-state index contributed by atoms with van der Waals surface area (Å²) in [7, 11) is -1.46. The number of nitrogens with two attached hydrogens (primary N) is 1. The summed E-state index contributed by atoms with van der Waals surface area (Å²) in [5.74, 6) is 0. The van der Waals surface area contributed by atoms with E-state index in [9.17, 15) is 8.42 Å². The van der Waals surface area contributed by atoms with Crippen LogP contribution in [0.15, 0.2) is 23.1 Å². The lowest BCUT2D eigenvalue weighted by Crippen LogP contribution is -2.25. The van der Waals surface area contributed by atoms with Crippen molar-refractivity contribution in [2.75, 3.05) is 30.8 Å². The van der Waals surface area contributed by atoms with Gasteiger partial charge in [0.25, 0.3) is 0 Å². The van der Waals surface area contributed by atoms with Gasteiger partial charge < -0.3 is 10.6 Å². The van der Waals surface area contributed by atoms with Gasteiger partial charge in [-0.1, -0.05) is 117 Å². The third-order valence-electron chi connectivity index (χ3n) is 6.89. The molecule has 0 bridgehead atoms. The van der Waals surface area contributed by atoms with Crippen LogP contribution in [0.25, 0.3) is 0 Å². The standard InChI is InChI=1S/C29H55N3O2S/c1-4-6-8-9-10-11-12-13-14-15-16-17-18-19-20-21-25-32(3)29-23-22-27(26-28(29)30)35(33,34)31-24-7-5-2/h22-23,26,31H,4-21,24-25,30H2,1-3H3. The number of nitrogen functional groups attached to an aromatic ring is 1. The lowest BCUT2D eigenvalue weighted by molar-refractivity contribution is 0.529. The van der Waals surface area contributed by atoms with Gasteiger partial charge in [0.2, 0.25) is 10.0 Å². The largest absolute Gasteiger partial charge is 0.397 e. The maximum Gasteiger partial charge on any atom is 0.240 e. The van der Waals surface area contributed by atoms with E-state index < -0.39 is 10.0 Å². The molecule has 1 rings (SSSR count). The number of nitrogens with one attached hydrogen (secondary N) is 1. The van der Waals surface area contributed by atoms with Crippen molar-refractivity contribution in [1.82, 2.24) is 4.72 Å². The molecule has 0 atom stereocenters. The fourth-order valence-corrected chi connectivity index (χ4v) is 5.64. The minimum absolute atomic E-state index is 0.241. The van der Waals surface area contributed by atoms with Crippen molar-refractivity contribution in [3.05, 3.63) is 18.2 Å². The van der Waals surface area contributed by atoms with Gasteiger partial charge in [0, 0.05) is 20.1 Å². The number of sulfonamides is 1. The van der Waals surface area contributed by atoms with Crippen LogP contribution in [0.4, 0.5) is 11.4 Å². The molecule has 0 unspecified atom stereocenters. The quantitative estimate of drug-likeness (QED) is 0.116. The van der Waals surface area contributed by atoms with Crippen LogP contribution in [0, 0.1) is 0 Å². The third-order valence-corrected chi connectivity index (χ3v) is 8.35. The fraction of sp³-hybridized carbons (Fsp3) is 0.793. The predicted octanol–water partition coefficient (Wildman–Crippen LogP) is 8.04. The Balaban J connectivity index is 2.10. The molecule has 0 aromatic heterocycles. The molecule has 5 nitrogen and oxygen atoms in total. The summed E-state index contributed by atoms with van der Waals surface area (Å²) < 4.78 is 27.4. The normalized spacial score (nSPS) is 11.7. The summed E-state index contributed by atoms with van der Waals surface area (Å²) in [5.41, 5.74) is 7.62. The van der Waals surface area contributed by atoms with Gasteiger partial charge >= 0.3 is 0 Å². The van der Waals surface area contributed by atoms with Crippen molar-refractivity contribution in [2.24, 2.45) is 0 Å². The highest BCUT2D eigenvalue weighted by molar-refractivity contribution is 7.89. The van der Waals surface area contributed by atoms with Crippen LogP contribution in [0.1, 0.15) is 129 Å². The van der Waals surface area contributed by atoms with Crippen LogP contribution in [0.2, 0.25) is 0 Å². The summed E-state index contributed by atoms with van der Waals surface area (Å²) in [5, 5.41) is 0. The minimum Gasteiger partial charge on any atom is -0.397 e. The molecule has 0 fully saturated rings. The lowest BCUT2D eigenvalue weighted by Gasteiger charge is -2.21. The average Bonchev–Trinajstić information content (AvgIpc) is 2.83. The van der Waals surface area contributed by atoms with Gasteiger partial charge in [-0.25, -0.2) is 13.1 Å². The number of rotatable bonds is 23. The van der Waals surface area contributed by atoms with Crippen LogP contribution < -0.4 is 15.4 Å². The highest BCUT2D eigenvalue weighted by Gasteiger charge is 2.16. The molecular weight excluding hydrogens is 454 g/mol. The summed E-state index contributed by atoms with van der Waals surface area (Å²) >= 11 is 0. The van der Waals surface area contributed by atoms with Crippen LogP contribution in [0.5, 0.6) is 0 Å². The van der Waals surface area contributed by atoms with E-state index in [0.717, 1.165) is 31.5 Å². The molecule has 0 amide bonds. The first-order valence-electron chi connectivity index (χ1n) is 14.5. The number of benzene rings is 1. The van der Waals surface area contributed by atoms with Gasteiger partial charge in [-0.15, -0.1) is 0 Å². The molecule has 1 aromatic rings. The Morgan fingerprint density at radius 3 is 1.63 bits per heavy atom. The van der Waals surface area contributed by atoms with Crippen molar-refractivity contribution in [3.63, 3.8) is 0 Å². The van der Waals surface area contributed by atoms with Gasteiger partial charge in [0.05, 0.1) is 16.3 Å². The molecule has 0 aliphatic carbocycles.